The smallest absolute Gasteiger partial charge is 0.274 e. The molecule has 0 unspecified atom stereocenters. The molecule has 0 fully saturated rings. The molecule has 0 saturated heterocycles. The first-order valence-electron chi connectivity index (χ1n) is 9.95. The van der Waals surface area contributed by atoms with Crippen LogP contribution in [-0.2, 0) is 16.1 Å². The number of hydrogen-bond acceptors (Lipinski definition) is 7. The predicted octanol–water partition coefficient (Wildman–Crippen LogP) is 1.78. The number of carbonyl (C=O) groups is 2. The molecule has 9 nitrogen and oxygen atoms in total. The van der Waals surface area contributed by atoms with Crippen LogP contribution in [0, 0.1) is 0 Å². The lowest BCUT2D eigenvalue weighted by molar-refractivity contribution is -0.121. The Kier molecular flexibility index (Phi) is 7.96. The second-order valence-corrected chi connectivity index (χ2v) is 6.65. The minimum absolute atomic E-state index is 0.144. The Hall–Kier alpha value is -3.20. The minimum atomic E-state index is -0.247. The van der Waals surface area contributed by atoms with Gasteiger partial charge in [0.25, 0.3) is 5.91 Å². The maximum absolute atomic E-state index is 12.7. The van der Waals surface area contributed by atoms with Gasteiger partial charge in [0.2, 0.25) is 12.7 Å². The molecule has 1 aromatic heterocycles. The third-order valence-corrected chi connectivity index (χ3v) is 4.53. The Morgan fingerprint density at radius 3 is 2.87 bits per heavy atom. The lowest BCUT2D eigenvalue weighted by Gasteiger charge is -2.22. The number of nitrogens with zero attached hydrogens (tertiary/aromatic N) is 3. The molecule has 2 heterocycles. The van der Waals surface area contributed by atoms with Crippen molar-refractivity contribution in [2.75, 3.05) is 33.1 Å². The van der Waals surface area contributed by atoms with Crippen molar-refractivity contribution >= 4 is 11.8 Å². The Morgan fingerprint density at radius 2 is 2.07 bits per heavy atom. The first-order valence-corrected chi connectivity index (χ1v) is 9.95. The fourth-order valence-electron chi connectivity index (χ4n) is 2.96. The van der Waals surface area contributed by atoms with Gasteiger partial charge < -0.3 is 24.4 Å². The summed E-state index contributed by atoms with van der Waals surface area (Å²) >= 11 is 0. The predicted molar refractivity (Wildman–Crippen MR) is 108 cm³/mol. The van der Waals surface area contributed by atoms with E-state index in [4.69, 9.17) is 14.2 Å². The van der Waals surface area contributed by atoms with Crippen LogP contribution in [0.4, 0.5) is 0 Å². The minimum Gasteiger partial charge on any atom is -0.454 e. The van der Waals surface area contributed by atoms with Crippen molar-refractivity contribution < 1.29 is 23.8 Å². The molecule has 9 heteroatoms. The molecular weight excluding hydrogens is 388 g/mol. The summed E-state index contributed by atoms with van der Waals surface area (Å²) in [7, 11) is 0. The number of ether oxygens (including phenoxy) is 3. The number of carbonyl (C=O) groups excluding carboxylic acids is 2. The number of nitrogens with one attached hydrogen (secondary N) is 1. The fraction of sp³-hybridized carbons (Fsp3) is 0.429. The second-order valence-electron chi connectivity index (χ2n) is 6.65. The van der Waals surface area contributed by atoms with Crippen LogP contribution in [0.2, 0.25) is 0 Å². The zero-order valence-corrected chi connectivity index (χ0v) is 17.0. The fourth-order valence-corrected chi connectivity index (χ4v) is 2.96. The van der Waals surface area contributed by atoms with E-state index in [1.807, 2.05) is 25.1 Å². The molecule has 2 amide bonds. The summed E-state index contributed by atoms with van der Waals surface area (Å²) in [5, 5.41) is 2.87. The van der Waals surface area contributed by atoms with Crippen LogP contribution in [0.3, 0.4) is 0 Å². The van der Waals surface area contributed by atoms with Crippen LogP contribution in [0.15, 0.2) is 36.8 Å². The van der Waals surface area contributed by atoms with E-state index in [1.165, 1.54) is 18.6 Å². The molecule has 3 rings (SSSR count). The number of aromatic nitrogens is 2. The SMILES string of the molecule is CCOCCCN(CCC(=O)NCc1ccc2c(c1)OCO2)C(=O)c1cnccn1. The molecule has 0 saturated carbocycles. The van der Waals surface area contributed by atoms with Crippen molar-refractivity contribution in [3.05, 3.63) is 48.0 Å². The average molecular weight is 414 g/mol. The molecule has 1 aliphatic rings. The zero-order valence-electron chi connectivity index (χ0n) is 17.0. The van der Waals surface area contributed by atoms with Crippen molar-refractivity contribution in [3.8, 4) is 11.5 Å². The van der Waals surface area contributed by atoms with E-state index in [9.17, 15) is 9.59 Å². The van der Waals surface area contributed by atoms with Gasteiger partial charge in [-0.1, -0.05) is 6.07 Å². The molecule has 0 atom stereocenters. The van der Waals surface area contributed by atoms with Crippen LogP contribution in [-0.4, -0.2) is 59.8 Å². The van der Waals surface area contributed by atoms with E-state index in [0.717, 1.165) is 5.56 Å². The van der Waals surface area contributed by atoms with Crippen molar-refractivity contribution in [1.29, 1.82) is 0 Å². The monoisotopic (exact) mass is 414 g/mol. The van der Waals surface area contributed by atoms with Crippen molar-refractivity contribution in [2.24, 2.45) is 0 Å². The van der Waals surface area contributed by atoms with Gasteiger partial charge in [0.15, 0.2) is 11.5 Å². The van der Waals surface area contributed by atoms with Crippen LogP contribution >= 0.6 is 0 Å². The number of hydrogen-bond donors (Lipinski definition) is 1. The standard InChI is InChI=1S/C21H26N4O5/c1-2-28-11-3-9-25(21(27)17-14-22-7-8-23-17)10-6-20(26)24-13-16-4-5-18-19(12-16)30-15-29-18/h4-5,7-8,12,14H,2-3,6,9-11,13,15H2,1H3,(H,24,26). The summed E-state index contributed by atoms with van der Waals surface area (Å²) in [6.07, 6.45) is 5.28. The molecule has 160 valence electrons. The normalized spacial score (nSPS) is 11.9. The molecule has 0 spiro atoms. The van der Waals surface area contributed by atoms with E-state index < -0.39 is 0 Å². The van der Waals surface area contributed by atoms with E-state index in [1.54, 1.807) is 4.90 Å². The van der Waals surface area contributed by atoms with Gasteiger partial charge in [-0.25, -0.2) is 4.98 Å². The van der Waals surface area contributed by atoms with E-state index in [0.29, 0.717) is 44.2 Å². The summed E-state index contributed by atoms with van der Waals surface area (Å²) in [5.74, 6) is 0.990. The highest BCUT2D eigenvalue weighted by Gasteiger charge is 2.18. The first-order chi connectivity index (χ1) is 14.7. The van der Waals surface area contributed by atoms with Gasteiger partial charge in [-0.3, -0.25) is 14.6 Å². The molecule has 30 heavy (non-hydrogen) atoms. The number of fused-ring (bicyclic) bond motifs is 1. The molecule has 1 aromatic carbocycles. The van der Waals surface area contributed by atoms with Crippen LogP contribution < -0.4 is 14.8 Å². The van der Waals surface area contributed by atoms with Gasteiger partial charge >= 0.3 is 0 Å². The third-order valence-electron chi connectivity index (χ3n) is 4.53. The van der Waals surface area contributed by atoms with Gasteiger partial charge in [0.05, 0.1) is 6.20 Å². The molecule has 0 aliphatic carbocycles. The number of benzene rings is 1. The number of rotatable bonds is 11. The Balaban J connectivity index is 1.50. The Bertz CT molecular complexity index is 847. The molecule has 1 aliphatic heterocycles. The van der Waals surface area contributed by atoms with E-state index in [2.05, 4.69) is 15.3 Å². The largest absolute Gasteiger partial charge is 0.454 e. The van der Waals surface area contributed by atoms with Crippen LogP contribution in [0.25, 0.3) is 0 Å². The van der Waals surface area contributed by atoms with Crippen molar-refractivity contribution in [2.45, 2.75) is 26.3 Å². The molecule has 1 N–H and O–H groups in total. The summed E-state index contributed by atoms with van der Waals surface area (Å²) in [4.78, 5) is 34.7. The maximum atomic E-state index is 12.7. The third kappa shape index (κ3) is 6.15. The highest BCUT2D eigenvalue weighted by molar-refractivity contribution is 5.92. The van der Waals surface area contributed by atoms with Crippen LogP contribution in [0.1, 0.15) is 35.8 Å². The first kappa shape index (κ1) is 21.5. The average Bonchev–Trinajstić information content (AvgIpc) is 3.25. The van der Waals surface area contributed by atoms with Crippen molar-refractivity contribution in [3.63, 3.8) is 0 Å². The summed E-state index contributed by atoms with van der Waals surface area (Å²) < 4.78 is 16.0. The highest BCUT2D eigenvalue weighted by Crippen LogP contribution is 2.32. The van der Waals surface area contributed by atoms with Crippen LogP contribution in [0.5, 0.6) is 11.5 Å². The molecular formula is C21H26N4O5. The molecule has 2 aromatic rings. The van der Waals surface area contributed by atoms with E-state index in [-0.39, 0.29) is 37.3 Å². The van der Waals surface area contributed by atoms with Gasteiger partial charge in [-0.15, -0.1) is 0 Å². The zero-order chi connectivity index (χ0) is 21.2. The number of amides is 2. The highest BCUT2D eigenvalue weighted by atomic mass is 16.7. The Labute approximate surface area is 175 Å². The lowest BCUT2D eigenvalue weighted by Crippen LogP contribution is -2.36. The van der Waals surface area contributed by atoms with Gasteiger partial charge in [0, 0.05) is 51.7 Å². The molecule has 0 bridgehead atoms. The maximum Gasteiger partial charge on any atom is 0.274 e. The quantitative estimate of drug-likeness (QED) is 0.559. The lowest BCUT2D eigenvalue weighted by atomic mass is 10.2. The summed E-state index contributed by atoms with van der Waals surface area (Å²) in [6.45, 7) is 4.45. The van der Waals surface area contributed by atoms with E-state index >= 15 is 0 Å². The van der Waals surface area contributed by atoms with Gasteiger partial charge in [-0.05, 0) is 31.0 Å². The van der Waals surface area contributed by atoms with Gasteiger partial charge in [-0.2, -0.15) is 0 Å². The van der Waals surface area contributed by atoms with Gasteiger partial charge in [0.1, 0.15) is 5.69 Å². The summed E-state index contributed by atoms with van der Waals surface area (Å²) in [6, 6.07) is 5.55. The van der Waals surface area contributed by atoms with Crippen molar-refractivity contribution in [1.82, 2.24) is 20.2 Å². The molecule has 0 radical (unpaired) electrons. The Morgan fingerprint density at radius 1 is 1.20 bits per heavy atom. The topological polar surface area (TPSA) is 103 Å². The summed E-state index contributed by atoms with van der Waals surface area (Å²) in [5.41, 5.74) is 1.17. The second kappa shape index (κ2) is 11.1.